The number of hydrogen-bond acceptors (Lipinski definition) is 5. The average molecular weight is 542 g/mol. The summed E-state index contributed by atoms with van der Waals surface area (Å²) in [6.07, 6.45) is 1.65. The first-order chi connectivity index (χ1) is 18.4. The third-order valence-corrected chi connectivity index (χ3v) is 7.45. The average Bonchev–Trinajstić information content (AvgIpc) is 3.43. The third-order valence-electron chi connectivity index (χ3n) is 5.54. The number of amides is 3. The third kappa shape index (κ3) is 7.44. The van der Waals surface area contributed by atoms with Crippen molar-refractivity contribution in [3.8, 4) is 0 Å². The Kier molecular flexibility index (Phi) is 9.13. The predicted octanol–water partition coefficient (Wildman–Crippen LogP) is 6.59. The smallest absolute Gasteiger partial charge is 0.272 e. The van der Waals surface area contributed by atoms with Crippen LogP contribution in [0.2, 0.25) is 0 Å². The Morgan fingerprint density at radius 1 is 0.868 bits per heavy atom. The number of nitrogens with one attached hydrogen (secondary N) is 3. The normalized spacial score (nSPS) is 11.9. The molecule has 0 aliphatic carbocycles. The molecule has 192 valence electrons. The molecule has 4 aromatic rings. The van der Waals surface area contributed by atoms with E-state index in [1.165, 1.54) is 23.1 Å². The SMILES string of the molecule is Cc1ccccc1NC(=O)C(C)Sc1cccc(NC(=O)/C(=C/c2cccs2)NC(=O)c2ccccc2)c1. The summed E-state index contributed by atoms with van der Waals surface area (Å²) in [7, 11) is 0. The minimum absolute atomic E-state index is 0.108. The van der Waals surface area contributed by atoms with Crippen molar-refractivity contribution in [3.05, 3.63) is 118 Å². The lowest BCUT2D eigenvalue weighted by Gasteiger charge is -2.15. The molecule has 0 fully saturated rings. The van der Waals surface area contributed by atoms with Crippen LogP contribution in [0.3, 0.4) is 0 Å². The summed E-state index contributed by atoms with van der Waals surface area (Å²) in [4.78, 5) is 40.4. The molecule has 4 rings (SSSR count). The highest BCUT2D eigenvalue weighted by molar-refractivity contribution is 8.00. The molecule has 3 amide bonds. The van der Waals surface area contributed by atoms with Gasteiger partial charge in [0.25, 0.3) is 11.8 Å². The van der Waals surface area contributed by atoms with Crippen LogP contribution >= 0.6 is 23.1 Å². The van der Waals surface area contributed by atoms with Gasteiger partial charge in [-0.15, -0.1) is 23.1 Å². The fourth-order valence-electron chi connectivity index (χ4n) is 3.51. The molecule has 0 aliphatic rings. The van der Waals surface area contributed by atoms with E-state index in [9.17, 15) is 14.4 Å². The van der Waals surface area contributed by atoms with Gasteiger partial charge in [-0.25, -0.2) is 0 Å². The first-order valence-electron chi connectivity index (χ1n) is 12.0. The van der Waals surface area contributed by atoms with Crippen molar-refractivity contribution in [1.82, 2.24) is 5.32 Å². The van der Waals surface area contributed by atoms with Gasteiger partial charge < -0.3 is 16.0 Å². The lowest BCUT2D eigenvalue weighted by Crippen LogP contribution is -2.30. The van der Waals surface area contributed by atoms with Gasteiger partial charge in [0, 0.05) is 26.7 Å². The maximum atomic E-state index is 13.2. The van der Waals surface area contributed by atoms with Crippen molar-refractivity contribution in [3.63, 3.8) is 0 Å². The van der Waals surface area contributed by atoms with Crippen LogP contribution < -0.4 is 16.0 Å². The second kappa shape index (κ2) is 12.9. The van der Waals surface area contributed by atoms with Gasteiger partial charge in [-0.05, 0) is 73.3 Å². The quantitative estimate of drug-likeness (QED) is 0.165. The van der Waals surface area contributed by atoms with E-state index in [2.05, 4.69) is 16.0 Å². The number of para-hydroxylation sites is 1. The number of hydrogen-bond donors (Lipinski definition) is 3. The van der Waals surface area contributed by atoms with Crippen LogP contribution in [0.1, 0.15) is 27.7 Å². The van der Waals surface area contributed by atoms with Crippen molar-refractivity contribution < 1.29 is 14.4 Å². The van der Waals surface area contributed by atoms with E-state index in [0.717, 1.165) is 21.0 Å². The number of thioether (sulfide) groups is 1. The van der Waals surface area contributed by atoms with E-state index in [1.807, 2.05) is 79.9 Å². The van der Waals surface area contributed by atoms with Gasteiger partial charge in [-0.1, -0.05) is 48.5 Å². The Balaban J connectivity index is 1.45. The van der Waals surface area contributed by atoms with Crippen molar-refractivity contribution >= 4 is 58.3 Å². The summed E-state index contributed by atoms with van der Waals surface area (Å²) in [5, 5.41) is 10.1. The Morgan fingerprint density at radius 3 is 2.37 bits per heavy atom. The largest absolute Gasteiger partial charge is 0.325 e. The van der Waals surface area contributed by atoms with Crippen molar-refractivity contribution in [2.75, 3.05) is 10.6 Å². The number of aryl methyl sites for hydroxylation is 1. The van der Waals surface area contributed by atoms with Crippen LogP contribution in [0.15, 0.2) is 107 Å². The van der Waals surface area contributed by atoms with Crippen LogP contribution in [0.4, 0.5) is 11.4 Å². The molecule has 0 radical (unpaired) electrons. The van der Waals surface area contributed by atoms with Crippen molar-refractivity contribution in [2.24, 2.45) is 0 Å². The molecule has 1 atom stereocenters. The first kappa shape index (κ1) is 26.9. The lowest BCUT2D eigenvalue weighted by atomic mass is 10.2. The van der Waals surface area contributed by atoms with Gasteiger partial charge in [0.2, 0.25) is 5.91 Å². The Bertz CT molecular complexity index is 1450. The highest BCUT2D eigenvalue weighted by atomic mass is 32.2. The molecule has 38 heavy (non-hydrogen) atoms. The number of benzene rings is 3. The van der Waals surface area contributed by atoms with E-state index in [-0.39, 0.29) is 22.8 Å². The van der Waals surface area contributed by atoms with Crippen LogP contribution in [-0.4, -0.2) is 23.0 Å². The molecule has 3 N–H and O–H groups in total. The summed E-state index contributed by atoms with van der Waals surface area (Å²) in [6, 6.07) is 27.4. The molecule has 3 aromatic carbocycles. The minimum atomic E-state index is -0.449. The first-order valence-corrected chi connectivity index (χ1v) is 13.7. The molecule has 0 aliphatic heterocycles. The lowest BCUT2D eigenvalue weighted by molar-refractivity contribution is -0.115. The Morgan fingerprint density at radius 2 is 1.63 bits per heavy atom. The molecule has 0 spiro atoms. The molecule has 0 saturated carbocycles. The number of anilines is 2. The number of carbonyl (C=O) groups is 3. The summed E-state index contributed by atoms with van der Waals surface area (Å²) < 4.78 is 0. The second-order valence-electron chi connectivity index (χ2n) is 8.44. The van der Waals surface area contributed by atoms with Gasteiger partial charge in [0.15, 0.2) is 0 Å². The van der Waals surface area contributed by atoms with Crippen molar-refractivity contribution in [1.29, 1.82) is 0 Å². The highest BCUT2D eigenvalue weighted by Gasteiger charge is 2.18. The zero-order valence-corrected chi connectivity index (χ0v) is 22.6. The fourth-order valence-corrected chi connectivity index (χ4v) is 5.09. The number of carbonyl (C=O) groups excluding carboxylic acids is 3. The minimum Gasteiger partial charge on any atom is -0.325 e. The summed E-state index contributed by atoms with van der Waals surface area (Å²) in [5.41, 5.74) is 2.92. The van der Waals surface area contributed by atoms with Crippen molar-refractivity contribution in [2.45, 2.75) is 24.0 Å². The zero-order chi connectivity index (χ0) is 26.9. The molecule has 6 nitrogen and oxygen atoms in total. The molecule has 1 aromatic heterocycles. The van der Waals surface area contributed by atoms with E-state index in [1.54, 1.807) is 36.4 Å². The Labute approximate surface area is 230 Å². The van der Waals surface area contributed by atoms with E-state index < -0.39 is 5.91 Å². The molecular formula is C30H27N3O3S2. The van der Waals surface area contributed by atoms with Gasteiger partial charge in [-0.3, -0.25) is 14.4 Å². The fraction of sp³-hybridized carbons (Fsp3) is 0.100. The molecular weight excluding hydrogens is 514 g/mol. The molecule has 1 unspecified atom stereocenters. The predicted molar refractivity (Wildman–Crippen MR) is 156 cm³/mol. The molecule has 8 heteroatoms. The van der Waals surface area contributed by atoms with Gasteiger partial charge in [-0.2, -0.15) is 0 Å². The second-order valence-corrected chi connectivity index (χ2v) is 10.8. The van der Waals surface area contributed by atoms with Crippen LogP contribution in [0.5, 0.6) is 0 Å². The van der Waals surface area contributed by atoms with Gasteiger partial charge in [0.1, 0.15) is 5.70 Å². The summed E-state index contributed by atoms with van der Waals surface area (Å²) in [5.74, 6) is -0.931. The topological polar surface area (TPSA) is 87.3 Å². The molecule has 0 saturated heterocycles. The molecule has 1 heterocycles. The highest BCUT2D eigenvalue weighted by Crippen LogP contribution is 2.27. The summed E-state index contributed by atoms with van der Waals surface area (Å²) >= 11 is 2.85. The maximum Gasteiger partial charge on any atom is 0.272 e. The Hall–Kier alpha value is -4.14. The zero-order valence-electron chi connectivity index (χ0n) is 20.9. The van der Waals surface area contributed by atoms with E-state index >= 15 is 0 Å². The number of thiophene rings is 1. The van der Waals surface area contributed by atoms with Crippen LogP contribution in [0.25, 0.3) is 6.08 Å². The van der Waals surface area contributed by atoms with Crippen LogP contribution in [0, 0.1) is 6.92 Å². The molecule has 0 bridgehead atoms. The van der Waals surface area contributed by atoms with Gasteiger partial charge in [0.05, 0.1) is 5.25 Å². The summed E-state index contributed by atoms with van der Waals surface area (Å²) in [6.45, 7) is 3.79. The van der Waals surface area contributed by atoms with Gasteiger partial charge >= 0.3 is 0 Å². The maximum absolute atomic E-state index is 13.2. The van der Waals surface area contributed by atoms with Crippen LogP contribution in [-0.2, 0) is 9.59 Å². The van der Waals surface area contributed by atoms with E-state index in [4.69, 9.17) is 0 Å². The number of rotatable bonds is 9. The standard InChI is InChI=1S/C30H27N3O3S2/c1-20-10-6-7-16-26(20)32-28(34)21(2)38-25-14-8-13-23(18-25)31-30(36)27(19-24-15-9-17-37-24)33-29(35)22-11-4-3-5-12-22/h3-19,21H,1-2H3,(H,31,36)(H,32,34)(H,33,35)/b27-19-. The monoisotopic (exact) mass is 541 g/mol. The van der Waals surface area contributed by atoms with E-state index in [0.29, 0.717) is 11.3 Å².